The molecule has 3 rings (SSSR count). The maximum absolute atomic E-state index is 13.0. The first-order chi connectivity index (χ1) is 11.0. The van der Waals surface area contributed by atoms with Crippen LogP contribution in [-0.2, 0) is 15.1 Å². The minimum Gasteiger partial charge on any atom is -0.480 e. The molecule has 1 atom stereocenters. The summed E-state index contributed by atoms with van der Waals surface area (Å²) in [5.41, 5.74) is 1.28. The second kappa shape index (κ2) is 6.00. The Bertz CT molecular complexity index is 736. The van der Waals surface area contributed by atoms with Gasteiger partial charge in [-0.3, -0.25) is 14.9 Å². The highest BCUT2D eigenvalue weighted by Gasteiger charge is 2.39. The summed E-state index contributed by atoms with van der Waals surface area (Å²) in [5, 5.41) is 11.9. The summed E-state index contributed by atoms with van der Waals surface area (Å²) in [7, 11) is 0. The van der Waals surface area contributed by atoms with Crippen molar-refractivity contribution in [2.75, 3.05) is 19.6 Å². The van der Waals surface area contributed by atoms with Gasteiger partial charge in [0.15, 0.2) is 0 Å². The van der Waals surface area contributed by atoms with Crippen molar-refractivity contribution in [3.05, 3.63) is 30.1 Å². The number of H-pyrrole nitrogens is 1. The predicted molar refractivity (Wildman–Crippen MR) is 84.9 cm³/mol. The number of likely N-dealkylation sites (tertiary alicyclic amines) is 1. The molecule has 1 fully saturated rings. The lowest BCUT2D eigenvalue weighted by atomic mass is 9.89. The largest absolute Gasteiger partial charge is 0.480 e. The molecule has 0 bridgehead atoms. The Kier molecular flexibility index (Phi) is 4.04. The Hall–Kier alpha value is -2.41. The molecule has 7 heteroatoms. The number of benzene rings is 1. The van der Waals surface area contributed by atoms with Crippen LogP contribution in [0.4, 0.5) is 0 Å². The van der Waals surface area contributed by atoms with Gasteiger partial charge in [0.25, 0.3) is 0 Å². The molecule has 122 valence electrons. The summed E-state index contributed by atoms with van der Waals surface area (Å²) < 4.78 is 0. The number of carbonyl (C=O) groups is 2. The summed E-state index contributed by atoms with van der Waals surface area (Å²) in [6.45, 7) is 2.90. The van der Waals surface area contributed by atoms with Crippen LogP contribution in [0.1, 0.15) is 25.3 Å². The highest BCUT2D eigenvalue weighted by atomic mass is 16.4. The maximum Gasteiger partial charge on any atom is 0.317 e. The van der Waals surface area contributed by atoms with Crippen LogP contribution in [-0.4, -0.2) is 51.5 Å². The number of hydrogen-bond acceptors (Lipinski definition) is 4. The lowest BCUT2D eigenvalue weighted by Crippen LogP contribution is -2.54. The summed E-state index contributed by atoms with van der Waals surface area (Å²) in [6.07, 6.45) is 3.57. The molecule has 0 saturated carbocycles. The second-order valence-corrected chi connectivity index (χ2v) is 6.01. The molecule has 0 radical (unpaired) electrons. The Balaban J connectivity index is 1.98. The van der Waals surface area contributed by atoms with E-state index in [-0.39, 0.29) is 12.5 Å². The van der Waals surface area contributed by atoms with Crippen molar-refractivity contribution >= 4 is 22.9 Å². The van der Waals surface area contributed by atoms with Gasteiger partial charge in [0.1, 0.15) is 5.54 Å². The second-order valence-electron chi connectivity index (χ2n) is 6.01. The van der Waals surface area contributed by atoms with E-state index in [9.17, 15) is 9.59 Å². The number of carboxylic acids is 1. The molecule has 2 heterocycles. The molecule has 0 spiro atoms. The van der Waals surface area contributed by atoms with Gasteiger partial charge in [-0.15, -0.1) is 0 Å². The highest BCUT2D eigenvalue weighted by Crippen LogP contribution is 2.27. The van der Waals surface area contributed by atoms with Crippen molar-refractivity contribution in [3.8, 4) is 0 Å². The van der Waals surface area contributed by atoms with E-state index in [4.69, 9.17) is 5.11 Å². The van der Waals surface area contributed by atoms with E-state index in [1.807, 2.05) is 18.2 Å². The maximum atomic E-state index is 13.0. The van der Waals surface area contributed by atoms with Gasteiger partial charge in [-0.2, -0.15) is 0 Å². The predicted octanol–water partition coefficient (Wildman–Crippen LogP) is 1.07. The Morgan fingerprint density at radius 3 is 2.83 bits per heavy atom. The van der Waals surface area contributed by atoms with Crippen LogP contribution in [0.25, 0.3) is 11.0 Å². The lowest BCUT2D eigenvalue weighted by molar-refractivity contribution is -0.139. The van der Waals surface area contributed by atoms with Gasteiger partial charge in [0.05, 0.1) is 23.9 Å². The number of fused-ring (bicyclic) bond motifs is 1. The molecule has 1 amide bonds. The lowest BCUT2D eigenvalue weighted by Gasteiger charge is -2.33. The van der Waals surface area contributed by atoms with E-state index in [0.29, 0.717) is 0 Å². The van der Waals surface area contributed by atoms with Gasteiger partial charge in [0.2, 0.25) is 5.91 Å². The average molecular weight is 316 g/mol. The SMILES string of the molecule is CC(NCC(=O)O)(C(=O)N1CCCC1)c1ccc2nc[nH]c2c1. The zero-order valence-electron chi connectivity index (χ0n) is 13.0. The number of aliphatic carboxylic acids is 1. The number of nitrogens with zero attached hydrogens (tertiary/aromatic N) is 2. The van der Waals surface area contributed by atoms with Gasteiger partial charge in [-0.25, -0.2) is 4.98 Å². The van der Waals surface area contributed by atoms with Crippen LogP contribution in [0.5, 0.6) is 0 Å². The summed E-state index contributed by atoms with van der Waals surface area (Å²) in [6, 6.07) is 5.51. The molecule has 0 aliphatic carbocycles. The van der Waals surface area contributed by atoms with Crippen LogP contribution in [0.3, 0.4) is 0 Å². The van der Waals surface area contributed by atoms with Crippen LogP contribution in [0, 0.1) is 0 Å². The molecule has 1 aliphatic heterocycles. The molecular formula is C16H20N4O3. The minimum atomic E-state index is -1.08. The summed E-state index contributed by atoms with van der Waals surface area (Å²) >= 11 is 0. The van der Waals surface area contributed by atoms with Crippen molar-refractivity contribution in [1.82, 2.24) is 20.2 Å². The van der Waals surface area contributed by atoms with Crippen LogP contribution >= 0.6 is 0 Å². The van der Waals surface area contributed by atoms with E-state index in [1.54, 1.807) is 18.2 Å². The topological polar surface area (TPSA) is 98.3 Å². The third-order valence-corrected chi connectivity index (χ3v) is 4.41. The number of carbonyl (C=O) groups excluding carboxylic acids is 1. The van der Waals surface area contributed by atoms with Crippen LogP contribution in [0.2, 0.25) is 0 Å². The monoisotopic (exact) mass is 316 g/mol. The molecule has 1 aliphatic rings. The fourth-order valence-electron chi connectivity index (χ4n) is 3.04. The smallest absolute Gasteiger partial charge is 0.317 e. The molecule has 7 nitrogen and oxygen atoms in total. The first kappa shape index (κ1) is 15.5. The Morgan fingerprint density at radius 2 is 2.13 bits per heavy atom. The van der Waals surface area contributed by atoms with E-state index in [2.05, 4.69) is 15.3 Å². The zero-order valence-corrected chi connectivity index (χ0v) is 13.0. The normalized spacial score (nSPS) is 17.3. The highest BCUT2D eigenvalue weighted by molar-refractivity contribution is 5.89. The van der Waals surface area contributed by atoms with Crippen molar-refractivity contribution in [1.29, 1.82) is 0 Å². The molecule has 1 unspecified atom stereocenters. The van der Waals surface area contributed by atoms with Gasteiger partial charge >= 0.3 is 5.97 Å². The first-order valence-electron chi connectivity index (χ1n) is 7.70. The number of aromatic amines is 1. The number of nitrogens with one attached hydrogen (secondary N) is 2. The number of hydrogen-bond donors (Lipinski definition) is 3. The molecule has 1 saturated heterocycles. The molecule has 3 N–H and O–H groups in total. The number of amides is 1. The zero-order chi connectivity index (χ0) is 16.4. The number of aromatic nitrogens is 2. The number of carboxylic acid groups (broad SMARTS) is 1. The van der Waals surface area contributed by atoms with Crippen molar-refractivity contribution < 1.29 is 14.7 Å². The average Bonchev–Trinajstić information content (AvgIpc) is 3.21. The van der Waals surface area contributed by atoms with Crippen molar-refractivity contribution in [2.24, 2.45) is 0 Å². The van der Waals surface area contributed by atoms with E-state index in [1.165, 1.54) is 0 Å². The van der Waals surface area contributed by atoms with Crippen molar-refractivity contribution in [3.63, 3.8) is 0 Å². The quantitative estimate of drug-likeness (QED) is 0.766. The third kappa shape index (κ3) is 2.92. The van der Waals surface area contributed by atoms with Crippen LogP contribution < -0.4 is 5.32 Å². The number of imidazole rings is 1. The van der Waals surface area contributed by atoms with E-state index >= 15 is 0 Å². The molecule has 2 aromatic rings. The van der Waals surface area contributed by atoms with Crippen LogP contribution in [0.15, 0.2) is 24.5 Å². The summed E-state index contributed by atoms with van der Waals surface area (Å²) in [4.78, 5) is 33.0. The fraction of sp³-hybridized carbons (Fsp3) is 0.438. The minimum absolute atomic E-state index is 0.0879. The Labute approximate surface area is 133 Å². The molecule has 1 aromatic heterocycles. The van der Waals surface area contributed by atoms with Gasteiger partial charge < -0.3 is 15.0 Å². The summed E-state index contributed by atoms with van der Waals surface area (Å²) in [5.74, 6) is -1.08. The van der Waals surface area contributed by atoms with Gasteiger partial charge in [0, 0.05) is 13.1 Å². The van der Waals surface area contributed by atoms with Gasteiger partial charge in [-0.1, -0.05) is 6.07 Å². The van der Waals surface area contributed by atoms with Crippen molar-refractivity contribution in [2.45, 2.75) is 25.3 Å². The van der Waals surface area contributed by atoms with E-state index < -0.39 is 11.5 Å². The standard InChI is InChI=1S/C16H20N4O3/c1-16(19-9-14(21)22,15(23)20-6-2-3-7-20)11-4-5-12-13(8-11)18-10-17-12/h4-5,8,10,19H,2-3,6-7,9H2,1H3,(H,17,18)(H,21,22). The molecule has 23 heavy (non-hydrogen) atoms. The third-order valence-electron chi connectivity index (χ3n) is 4.41. The van der Waals surface area contributed by atoms with E-state index in [0.717, 1.165) is 42.5 Å². The molecular weight excluding hydrogens is 296 g/mol. The Morgan fingerprint density at radius 1 is 1.39 bits per heavy atom. The first-order valence-corrected chi connectivity index (χ1v) is 7.70. The molecule has 1 aromatic carbocycles. The van der Waals surface area contributed by atoms with Gasteiger partial charge in [-0.05, 0) is 37.5 Å². The fourth-order valence-corrected chi connectivity index (χ4v) is 3.04. The number of rotatable bonds is 5.